The fourth-order valence-corrected chi connectivity index (χ4v) is 1.37. The van der Waals surface area contributed by atoms with Crippen molar-refractivity contribution >= 4 is 17.4 Å². The minimum absolute atomic E-state index is 0.275. The lowest BCUT2D eigenvalue weighted by Gasteiger charge is -2.28. The van der Waals surface area contributed by atoms with Crippen LogP contribution in [-0.2, 0) is 0 Å². The van der Waals surface area contributed by atoms with E-state index in [1.54, 1.807) is 13.8 Å². The Kier molecular flexibility index (Phi) is 4.02. The SMILES string of the molecule is CC(C)N(CC(F)(F)F)c1ccc(Cl)cn1. The first-order chi connectivity index (χ1) is 7.29. The molecule has 0 saturated carbocycles. The number of alkyl halides is 3. The van der Waals surface area contributed by atoms with Crippen molar-refractivity contribution in [1.29, 1.82) is 0 Å². The van der Waals surface area contributed by atoms with Crippen LogP contribution >= 0.6 is 11.6 Å². The zero-order valence-electron chi connectivity index (χ0n) is 8.92. The third-order valence-electron chi connectivity index (χ3n) is 1.98. The Balaban J connectivity index is 2.90. The van der Waals surface area contributed by atoms with E-state index in [1.165, 1.54) is 23.2 Å². The first-order valence-electron chi connectivity index (χ1n) is 4.74. The number of hydrogen-bond donors (Lipinski definition) is 0. The van der Waals surface area contributed by atoms with Crippen LogP contribution in [0.4, 0.5) is 19.0 Å². The van der Waals surface area contributed by atoms with Gasteiger partial charge in [-0.2, -0.15) is 13.2 Å². The molecule has 0 saturated heterocycles. The Hall–Kier alpha value is -0.970. The van der Waals surface area contributed by atoms with Crippen molar-refractivity contribution in [2.75, 3.05) is 11.4 Å². The summed E-state index contributed by atoms with van der Waals surface area (Å²) >= 11 is 5.63. The number of nitrogens with zero attached hydrogens (tertiary/aromatic N) is 2. The molecule has 2 nitrogen and oxygen atoms in total. The van der Waals surface area contributed by atoms with Crippen LogP contribution in [0.25, 0.3) is 0 Å². The summed E-state index contributed by atoms with van der Waals surface area (Å²) in [5.74, 6) is 0.275. The molecule has 0 radical (unpaired) electrons. The van der Waals surface area contributed by atoms with E-state index in [0.717, 1.165) is 0 Å². The van der Waals surface area contributed by atoms with Crippen molar-refractivity contribution in [3.05, 3.63) is 23.4 Å². The predicted octanol–water partition coefficient (Wildman–Crippen LogP) is 3.51. The fraction of sp³-hybridized carbons (Fsp3) is 0.500. The molecule has 16 heavy (non-hydrogen) atoms. The van der Waals surface area contributed by atoms with Gasteiger partial charge in [-0.15, -0.1) is 0 Å². The van der Waals surface area contributed by atoms with E-state index in [2.05, 4.69) is 4.98 Å². The maximum Gasteiger partial charge on any atom is 0.405 e. The zero-order chi connectivity index (χ0) is 12.3. The second-order valence-electron chi connectivity index (χ2n) is 3.67. The molecule has 0 amide bonds. The monoisotopic (exact) mass is 252 g/mol. The molecule has 1 rings (SSSR count). The lowest BCUT2D eigenvalue weighted by Crippen LogP contribution is -2.39. The molecule has 0 atom stereocenters. The number of rotatable bonds is 3. The van der Waals surface area contributed by atoms with Crippen LogP contribution in [0.2, 0.25) is 5.02 Å². The van der Waals surface area contributed by atoms with Crippen LogP contribution < -0.4 is 4.90 Å². The smallest absolute Gasteiger partial charge is 0.345 e. The van der Waals surface area contributed by atoms with Crippen LogP contribution in [0, 0.1) is 0 Å². The largest absolute Gasteiger partial charge is 0.405 e. The summed E-state index contributed by atoms with van der Waals surface area (Å²) < 4.78 is 37.0. The number of halogens is 4. The minimum atomic E-state index is -4.24. The molecule has 0 N–H and O–H groups in total. The molecule has 1 heterocycles. The van der Waals surface area contributed by atoms with Crippen molar-refractivity contribution in [3.8, 4) is 0 Å². The van der Waals surface area contributed by atoms with Gasteiger partial charge in [-0.1, -0.05) is 11.6 Å². The molecule has 0 aliphatic carbocycles. The molecule has 6 heteroatoms. The van der Waals surface area contributed by atoms with Gasteiger partial charge < -0.3 is 4.90 Å². The van der Waals surface area contributed by atoms with Crippen molar-refractivity contribution < 1.29 is 13.2 Å². The van der Waals surface area contributed by atoms with Gasteiger partial charge in [-0.3, -0.25) is 0 Å². The highest BCUT2D eigenvalue weighted by molar-refractivity contribution is 6.30. The van der Waals surface area contributed by atoms with E-state index >= 15 is 0 Å². The lowest BCUT2D eigenvalue weighted by atomic mass is 10.3. The Morgan fingerprint density at radius 2 is 2.00 bits per heavy atom. The third kappa shape index (κ3) is 3.89. The Morgan fingerprint density at radius 1 is 1.38 bits per heavy atom. The van der Waals surface area contributed by atoms with Gasteiger partial charge in [-0.25, -0.2) is 4.98 Å². The molecule has 1 aromatic heterocycles. The quantitative estimate of drug-likeness (QED) is 0.818. The van der Waals surface area contributed by atoms with Gasteiger partial charge >= 0.3 is 6.18 Å². The van der Waals surface area contributed by atoms with Gasteiger partial charge in [-0.05, 0) is 26.0 Å². The summed E-state index contributed by atoms with van der Waals surface area (Å²) in [6, 6.07) is 2.72. The minimum Gasteiger partial charge on any atom is -0.345 e. The molecule has 0 spiro atoms. The van der Waals surface area contributed by atoms with Crippen molar-refractivity contribution in [2.24, 2.45) is 0 Å². The van der Waals surface area contributed by atoms with Gasteiger partial charge in [0.1, 0.15) is 12.4 Å². The van der Waals surface area contributed by atoms with Gasteiger partial charge in [0.15, 0.2) is 0 Å². The van der Waals surface area contributed by atoms with E-state index in [9.17, 15) is 13.2 Å². The highest BCUT2D eigenvalue weighted by Crippen LogP contribution is 2.23. The molecule has 0 aliphatic heterocycles. The standard InChI is InChI=1S/C10H12ClF3N2/c1-7(2)16(6-10(12,13)14)9-4-3-8(11)5-15-9/h3-5,7H,6H2,1-2H3. The van der Waals surface area contributed by atoms with E-state index < -0.39 is 12.7 Å². The summed E-state index contributed by atoms with van der Waals surface area (Å²) in [6.45, 7) is 2.35. The lowest BCUT2D eigenvalue weighted by molar-refractivity contribution is -0.120. The molecule has 0 aliphatic rings. The van der Waals surface area contributed by atoms with E-state index in [0.29, 0.717) is 5.02 Å². The van der Waals surface area contributed by atoms with Crippen LogP contribution in [0.15, 0.2) is 18.3 Å². The summed E-state index contributed by atoms with van der Waals surface area (Å²) in [6.07, 6.45) is -2.91. The Morgan fingerprint density at radius 3 is 2.38 bits per heavy atom. The summed E-state index contributed by atoms with van der Waals surface area (Å²) in [5, 5.41) is 0.402. The second kappa shape index (κ2) is 4.91. The van der Waals surface area contributed by atoms with Gasteiger partial charge in [0.05, 0.1) is 5.02 Å². The summed E-state index contributed by atoms with van der Waals surface area (Å²) in [5.41, 5.74) is 0. The molecule has 0 unspecified atom stereocenters. The zero-order valence-corrected chi connectivity index (χ0v) is 9.68. The van der Waals surface area contributed by atoms with Crippen molar-refractivity contribution in [2.45, 2.75) is 26.1 Å². The highest BCUT2D eigenvalue weighted by atomic mass is 35.5. The molecule has 90 valence electrons. The van der Waals surface area contributed by atoms with Gasteiger partial charge in [0, 0.05) is 12.2 Å². The maximum absolute atomic E-state index is 12.3. The second-order valence-corrected chi connectivity index (χ2v) is 4.11. The normalized spacial score (nSPS) is 11.9. The first-order valence-corrected chi connectivity index (χ1v) is 5.12. The molecular weight excluding hydrogens is 241 g/mol. The van der Waals surface area contributed by atoms with Crippen LogP contribution in [0.5, 0.6) is 0 Å². The topological polar surface area (TPSA) is 16.1 Å². The van der Waals surface area contributed by atoms with Crippen LogP contribution in [0.1, 0.15) is 13.8 Å². The first kappa shape index (κ1) is 13.1. The summed E-state index contributed by atoms with van der Waals surface area (Å²) in [7, 11) is 0. The average Bonchev–Trinajstić information content (AvgIpc) is 2.14. The number of aromatic nitrogens is 1. The third-order valence-corrected chi connectivity index (χ3v) is 2.20. The molecule has 1 aromatic rings. The maximum atomic E-state index is 12.3. The van der Waals surface area contributed by atoms with Gasteiger partial charge in [0.2, 0.25) is 0 Å². The van der Waals surface area contributed by atoms with Crippen molar-refractivity contribution in [3.63, 3.8) is 0 Å². The number of pyridine rings is 1. The van der Waals surface area contributed by atoms with Gasteiger partial charge in [0.25, 0.3) is 0 Å². The number of anilines is 1. The summed E-state index contributed by atoms with van der Waals surface area (Å²) in [4.78, 5) is 5.05. The number of hydrogen-bond acceptors (Lipinski definition) is 2. The Labute approximate surface area is 97.0 Å². The predicted molar refractivity (Wildman–Crippen MR) is 57.8 cm³/mol. The van der Waals surface area contributed by atoms with E-state index in [-0.39, 0.29) is 11.9 Å². The highest BCUT2D eigenvalue weighted by Gasteiger charge is 2.32. The Bertz CT molecular complexity index is 335. The van der Waals surface area contributed by atoms with Crippen molar-refractivity contribution in [1.82, 2.24) is 4.98 Å². The molecule has 0 bridgehead atoms. The fourth-order valence-electron chi connectivity index (χ4n) is 1.26. The molecule has 0 fully saturated rings. The molecule has 0 aromatic carbocycles. The average molecular weight is 253 g/mol. The van der Waals surface area contributed by atoms with E-state index in [4.69, 9.17) is 11.6 Å². The molecular formula is C10H12ClF3N2. The van der Waals surface area contributed by atoms with Crippen LogP contribution in [-0.4, -0.2) is 23.7 Å². The van der Waals surface area contributed by atoms with E-state index in [1.807, 2.05) is 0 Å². The van der Waals surface area contributed by atoms with Crippen LogP contribution in [0.3, 0.4) is 0 Å².